The van der Waals surface area contributed by atoms with E-state index in [0.717, 1.165) is 28.0 Å². The van der Waals surface area contributed by atoms with Crippen molar-refractivity contribution >= 4 is 17.3 Å². The van der Waals surface area contributed by atoms with Crippen molar-refractivity contribution in [3.63, 3.8) is 0 Å². The maximum absolute atomic E-state index is 12.9. The Morgan fingerprint density at radius 2 is 1.74 bits per heavy atom. The number of ether oxygens (including phenoxy) is 2. The van der Waals surface area contributed by atoms with E-state index in [1.165, 1.54) is 0 Å². The van der Waals surface area contributed by atoms with E-state index < -0.39 is 11.9 Å². The van der Waals surface area contributed by atoms with Gasteiger partial charge in [-0.3, -0.25) is 9.59 Å². The zero-order valence-electron chi connectivity index (χ0n) is 15.9. The van der Waals surface area contributed by atoms with E-state index in [4.69, 9.17) is 9.47 Å². The van der Waals surface area contributed by atoms with Gasteiger partial charge in [-0.25, -0.2) is 0 Å². The molecule has 27 heavy (non-hydrogen) atoms. The van der Waals surface area contributed by atoms with Gasteiger partial charge in [0.25, 0.3) is 0 Å². The summed E-state index contributed by atoms with van der Waals surface area (Å²) in [7, 11) is 1.61. The third kappa shape index (κ3) is 4.11. The average Bonchev–Trinajstić information content (AvgIpc) is 2.68. The fourth-order valence-corrected chi connectivity index (χ4v) is 3.52. The van der Waals surface area contributed by atoms with Crippen molar-refractivity contribution < 1.29 is 19.1 Å². The van der Waals surface area contributed by atoms with Crippen LogP contribution in [0.2, 0.25) is 0 Å². The maximum Gasteiger partial charge on any atom is 0.317 e. The molecule has 0 fully saturated rings. The highest BCUT2D eigenvalue weighted by molar-refractivity contribution is 6.10. The Morgan fingerprint density at radius 1 is 1.07 bits per heavy atom. The zero-order chi connectivity index (χ0) is 19.4. The lowest BCUT2D eigenvalue weighted by Gasteiger charge is -2.29. The van der Waals surface area contributed by atoms with Crippen LogP contribution in [0.1, 0.15) is 36.0 Å². The minimum absolute atomic E-state index is 0.198. The van der Waals surface area contributed by atoms with Crippen molar-refractivity contribution in [1.29, 1.82) is 0 Å². The smallest absolute Gasteiger partial charge is 0.317 e. The number of benzene rings is 2. The molecule has 2 aromatic carbocycles. The van der Waals surface area contributed by atoms with Crippen molar-refractivity contribution in [2.24, 2.45) is 5.92 Å². The van der Waals surface area contributed by atoms with Crippen LogP contribution in [0.15, 0.2) is 54.6 Å². The molecule has 0 radical (unpaired) electrons. The largest absolute Gasteiger partial charge is 0.497 e. The minimum atomic E-state index is -0.812. The SMILES string of the molecule is CCOC(=O)[C@@H]1C(=O)C=C(c2ccc(C)cc2)C[C@@H]1c1ccc(OC)cc1. The van der Waals surface area contributed by atoms with Crippen LogP contribution in [0.25, 0.3) is 5.57 Å². The van der Waals surface area contributed by atoms with Crippen LogP contribution in [0.3, 0.4) is 0 Å². The summed E-state index contributed by atoms with van der Waals surface area (Å²) in [5.74, 6) is -0.988. The number of esters is 1. The molecular formula is C23H24O4. The number of rotatable bonds is 5. The van der Waals surface area contributed by atoms with E-state index in [-0.39, 0.29) is 18.3 Å². The van der Waals surface area contributed by atoms with E-state index >= 15 is 0 Å². The lowest BCUT2D eigenvalue weighted by Crippen LogP contribution is -2.34. The third-order valence-electron chi connectivity index (χ3n) is 4.97. The van der Waals surface area contributed by atoms with Crippen LogP contribution < -0.4 is 4.74 Å². The van der Waals surface area contributed by atoms with Crippen LogP contribution in [0.4, 0.5) is 0 Å². The van der Waals surface area contributed by atoms with Gasteiger partial charge in [0.15, 0.2) is 5.78 Å². The fraction of sp³-hybridized carbons (Fsp3) is 0.304. The highest BCUT2D eigenvalue weighted by Gasteiger charge is 2.39. The van der Waals surface area contributed by atoms with Gasteiger partial charge in [-0.2, -0.15) is 0 Å². The summed E-state index contributed by atoms with van der Waals surface area (Å²) >= 11 is 0. The molecule has 0 unspecified atom stereocenters. The molecule has 0 saturated heterocycles. The Balaban J connectivity index is 1.99. The molecule has 0 spiro atoms. The standard InChI is InChI=1S/C23H24O4/c1-4-27-23(25)22-20(17-9-11-19(26-3)12-10-17)13-18(14-21(22)24)16-7-5-15(2)6-8-16/h5-12,14,20,22H,4,13H2,1-3H3/t20-,22+/m1/s1. The third-order valence-corrected chi connectivity index (χ3v) is 4.97. The molecule has 0 saturated carbocycles. The number of aryl methyl sites for hydroxylation is 1. The van der Waals surface area contributed by atoms with E-state index in [2.05, 4.69) is 0 Å². The molecule has 0 bridgehead atoms. The zero-order valence-corrected chi connectivity index (χ0v) is 15.9. The summed E-state index contributed by atoms with van der Waals surface area (Å²) in [4.78, 5) is 25.4. The van der Waals surface area contributed by atoms with Gasteiger partial charge in [0.05, 0.1) is 13.7 Å². The Morgan fingerprint density at radius 3 is 2.33 bits per heavy atom. The molecule has 0 N–H and O–H groups in total. The van der Waals surface area contributed by atoms with E-state index in [9.17, 15) is 9.59 Å². The monoisotopic (exact) mass is 364 g/mol. The molecule has 0 aliphatic heterocycles. The van der Waals surface area contributed by atoms with Crippen LogP contribution in [-0.4, -0.2) is 25.5 Å². The van der Waals surface area contributed by atoms with Crippen molar-refractivity contribution in [1.82, 2.24) is 0 Å². The number of carbonyl (C=O) groups excluding carboxylic acids is 2. The van der Waals surface area contributed by atoms with Gasteiger partial charge in [-0.05, 0) is 55.2 Å². The first-order valence-electron chi connectivity index (χ1n) is 9.15. The van der Waals surface area contributed by atoms with Gasteiger partial charge < -0.3 is 9.47 Å². The second-order valence-electron chi connectivity index (χ2n) is 6.75. The molecule has 2 aromatic rings. The van der Waals surface area contributed by atoms with Crippen LogP contribution in [-0.2, 0) is 14.3 Å². The molecule has 4 heteroatoms. The molecule has 1 aliphatic rings. The van der Waals surface area contributed by atoms with Gasteiger partial charge in [0.2, 0.25) is 0 Å². The normalized spacial score (nSPS) is 19.4. The lowest BCUT2D eigenvalue weighted by molar-refractivity contribution is -0.151. The molecule has 0 heterocycles. The van der Waals surface area contributed by atoms with Crippen molar-refractivity contribution in [2.45, 2.75) is 26.2 Å². The molecule has 0 aromatic heterocycles. The molecule has 4 nitrogen and oxygen atoms in total. The van der Waals surface area contributed by atoms with E-state index in [1.807, 2.05) is 55.5 Å². The van der Waals surface area contributed by atoms with Crippen molar-refractivity contribution in [3.05, 3.63) is 71.3 Å². The fourth-order valence-electron chi connectivity index (χ4n) is 3.52. The highest BCUT2D eigenvalue weighted by atomic mass is 16.5. The molecule has 2 atom stereocenters. The van der Waals surface area contributed by atoms with E-state index in [1.54, 1.807) is 20.1 Å². The summed E-state index contributed by atoms with van der Waals surface area (Å²) in [5, 5.41) is 0. The topological polar surface area (TPSA) is 52.6 Å². The van der Waals surface area contributed by atoms with Crippen LogP contribution in [0.5, 0.6) is 5.75 Å². The van der Waals surface area contributed by atoms with Gasteiger partial charge in [-0.1, -0.05) is 42.0 Å². The predicted octanol–water partition coefficient (Wildman–Crippen LogP) is 4.32. The summed E-state index contributed by atoms with van der Waals surface area (Å²) in [6, 6.07) is 15.6. The number of hydrogen-bond acceptors (Lipinski definition) is 4. The summed E-state index contributed by atoms with van der Waals surface area (Å²) in [6.45, 7) is 4.04. The maximum atomic E-state index is 12.9. The predicted molar refractivity (Wildman–Crippen MR) is 105 cm³/mol. The Labute approximate surface area is 159 Å². The number of hydrogen-bond donors (Lipinski definition) is 0. The number of ketones is 1. The first-order chi connectivity index (χ1) is 13.0. The Hall–Kier alpha value is -2.88. The summed E-state index contributed by atoms with van der Waals surface area (Å²) in [5.41, 5.74) is 4.05. The van der Waals surface area contributed by atoms with Crippen LogP contribution in [0, 0.1) is 12.8 Å². The van der Waals surface area contributed by atoms with E-state index in [0.29, 0.717) is 6.42 Å². The van der Waals surface area contributed by atoms with Gasteiger partial charge >= 0.3 is 5.97 Å². The second kappa shape index (κ2) is 8.21. The molecule has 140 valence electrons. The first-order valence-corrected chi connectivity index (χ1v) is 9.15. The summed E-state index contributed by atoms with van der Waals surface area (Å²) < 4.78 is 10.4. The van der Waals surface area contributed by atoms with Gasteiger partial charge in [0, 0.05) is 5.92 Å². The number of methoxy groups -OCH3 is 1. The molecule has 0 amide bonds. The van der Waals surface area contributed by atoms with Crippen molar-refractivity contribution in [3.8, 4) is 5.75 Å². The van der Waals surface area contributed by atoms with Crippen molar-refractivity contribution in [2.75, 3.05) is 13.7 Å². The first kappa shape index (κ1) is 18.9. The average molecular weight is 364 g/mol. The minimum Gasteiger partial charge on any atom is -0.497 e. The van der Waals surface area contributed by atoms with Gasteiger partial charge in [0.1, 0.15) is 11.7 Å². The Kier molecular flexibility index (Phi) is 5.75. The summed E-state index contributed by atoms with van der Waals surface area (Å²) in [6.07, 6.45) is 2.21. The second-order valence-corrected chi connectivity index (χ2v) is 6.75. The number of carbonyl (C=O) groups is 2. The lowest BCUT2D eigenvalue weighted by atomic mass is 9.73. The molecular weight excluding hydrogens is 340 g/mol. The Bertz CT molecular complexity index is 847. The number of allylic oxidation sites excluding steroid dienone is 2. The van der Waals surface area contributed by atoms with Gasteiger partial charge in [-0.15, -0.1) is 0 Å². The highest BCUT2D eigenvalue weighted by Crippen LogP contribution is 2.40. The van der Waals surface area contributed by atoms with Crippen LogP contribution >= 0.6 is 0 Å². The molecule has 3 rings (SSSR count). The quantitative estimate of drug-likeness (QED) is 0.586. The molecule has 1 aliphatic carbocycles.